The predicted octanol–water partition coefficient (Wildman–Crippen LogP) is 5.18. The topological polar surface area (TPSA) is 59.8 Å². The lowest BCUT2D eigenvalue weighted by atomic mass is 10.1. The van der Waals surface area contributed by atoms with E-state index in [2.05, 4.69) is 65.1 Å². The highest BCUT2D eigenvalue weighted by atomic mass is 32.2. The highest BCUT2D eigenvalue weighted by Crippen LogP contribution is 2.24. The first-order valence-electron chi connectivity index (χ1n) is 10.3. The van der Waals surface area contributed by atoms with Crippen molar-refractivity contribution in [2.75, 3.05) is 11.1 Å². The molecular formula is C24H30N4OS. The Bertz CT molecular complexity index is 988. The molecule has 0 aliphatic rings. The summed E-state index contributed by atoms with van der Waals surface area (Å²) in [6.07, 6.45) is 0.731. The second-order valence-electron chi connectivity index (χ2n) is 8.18. The maximum atomic E-state index is 12.6. The van der Waals surface area contributed by atoms with Crippen molar-refractivity contribution in [3.05, 3.63) is 70.5 Å². The second kappa shape index (κ2) is 9.94. The van der Waals surface area contributed by atoms with Crippen LogP contribution in [-0.2, 0) is 17.8 Å². The van der Waals surface area contributed by atoms with Crippen LogP contribution in [0, 0.1) is 26.7 Å². The van der Waals surface area contributed by atoms with Crippen LogP contribution in [0.15, 0.2) is 47.6 Å². The Hall–Kier alpha value is -2.60. The summed E-state index contributed by atoms with van der Waals surface area (Å²) in [6, 6.07) is 14.5. The minimum atomic E-state index is -0.0289. The van der Waals surface area contributed by atoms with E-state index in [1.807, 2.05) is 32.0 Å². The molecule has 30 heavy (non-hydrogen) atoms. The van der Waals surface area contributed by atoms with Crippen molar-refractivity contribution in [3.8, 4) is 0 Å². The number of hydrogen-bond acceptors (Lipinski definition) is 4. The number of aromatic nitrogens is 3. The zero-order valence-electron chi connectivity index (χ0n) is 18.4. The molecule has 3 rings (SSSR count). The molecule has 1 aromatic heterocycles. The summed E-state index contributed by atoms with van der Waals surface area (Å²) in [4.78, 5) is 12.6. The average molecular weight is 423 g/mol. The number of carbonyl (C=O) groups is 1. The largest absolute Gasteiger partial charge is 0.325 e. The molecule has 3 aromatic rings. The highest BCUT2D eigenvalue weighted by Gasteiger charge is 2.16. The molecule has 0 atom stereocenters. The van der Waals surface area contributed by atoms with Crippen LogP contribution in [0.25, 0.3) is 0 Å². The number of carbonyl (C=O) groups excluding carboxylic acids is 1. The van der Waals surface area contributed by atoms with E-state index >= 15 is 0 Å². The molecule has 158 valence electrons. The standard InChI is InChI=1S/C24H30N4OS/c1-16(2)14-28-21(13-20-9-7-6-8-10-20)26-27-24(28)30-15-22(29)25-23-18(4)11-17(3)12-19(23)5/h6-12,16H,13-15H2,1-5H3,(H,25,29). The maximum absolute atomic E-state index is 12.6. The number of rotatable bonds is 8. The summed E-state index contributed by atoms with van der Waals surface area (Å²) in [5, 5.41) is 12.7. The first-order chi connectivity index (χ1) is 14.3. The monoisotopic (exact) mass is 422 g/mol. The first kappa shape index (κ1) is 22.1. The van der Waals surface area contributed by atoms with Crippen LogP contribution >= 0.6 is 11.8 Å². The number of aryl methyl sites for hydroxylation is 3. The van der Waals surface area contributed by atoms with Gasteiger partial charge >= 0.3 is 0 Å². The van der Waals surface area contributed by atoms with Crippen LogP contribution in [0.5, 0.6) is 0 Å². The number of nitrogens with one attached hydrogen (secondary N) is 1. The average Bonchev–Trinajstić information content (AvgIpc) is 3.04. The fraction of sp³-hybridized carbons (Fsp3) is 0.375. The summed E-state index contributed by atoms with van der Waals surface area (Å²) in [6.45, 7) is 11.3. The zero-order valence-corrected chi connectivity index (χ0v) is 19.2. The van der Waals surface area contributed by atoms with E-state index in [4.69, 9.17) is 0 Å². The zero-order chi connectivity index (χ0) is 21.7. The van der Waals surface area contributed by atoms with Crippen molar-refractivity contribution in [2.45, 2.75) is 52.7 Å². The maximum Gasteiger partial charge on any atom is 0.234 e. The fourth-order valence-corrected chi connectivity index (χ4v) is 4.33. The molecule has 5 nitrogen and oxygen atoms in total. The van der Waals surface area contributed by atoms with E-state index in [-0.39, 0.29) is 5.91 Å². The lowest BCUT2D eigenvalue weighted by molar-refractivity contribution is -0.113. The van der Waals surface area contributed by atoms with Crippen molar-refractivity contribution >= 4 is 23.4 Å². The molecule has 1 heterocycles. The van der Waals surface area contributed by atoms with Crippen molar-refractivity contribution in [1.29, 1.82) is 0 Å². The molecule has 2 aromatic carbocycles. The molecular weight excluding hydrogens is 392 g/mol. The molecule has 0 aliphatic carbocycles. The number of benzene rings is 2. The molecule has 0 saturated carbocycles. The molecule has 0 fully saturated rings. The van der Waals surface area contributed by atoms with Crippen LogP contribution in [0.4, 0.5) is 5.69 Å². The molecule has 0 spiro atoms. The predicted molar refractivity (Wildman–Crippen MR) is 124 cm³/mol. The van der Waals surface area contributed by atoms with Gasteiger partial charge in [0.25, 0.3) is 0 Å². The van der Waals surface area contributed by atoms with Crippen LogP contribution in [0.2, 0.25) is 0 Å². The van der Waals surface area contributed by atoms with Crippen molar-refractivity contribution < 1.29 is 4.79 Å². The van der Waals surface area contributed by atoms with Gasteiger partial charge in [-0.3, -0.25) is 4.79 Å². The van der Waals surface area contributed by atoms with Crippen molar-refractivity contribution in [3.63, 3.8) is 0 Å². The van der Waals surface area contributed by atoms with E-state index in [0.29, 0.717) is 11.7 Å². The van der Waals surface area contributed by atoms with Gasteiger partial charge in [0.05, 0.1) is 5.75 Å². The van der Waals surface area contributed by atoms with Crippen LogP contribution in [0.3, 0.4) is 0 Å². The Balaban J connectivity index is 1.71. The van der Waals surface area contributed by atoms with Gasteiger partial charge in [0, 0.05) is 18.7 Å². The summed E-state index contributed by atoms with van der Waals surface area (Å²) in [5.41, 5.74) is 5.47. The van der Waals surface area contributed by atoms with E-state index in [9.17, 15) is 4.79 Å². The first-order valence-corrected chi connectivity index (χ1v) is 11.3. The van der Waals surface area contributed by atoms with Gasteiger partial charge in [0.2, 0.25) is 5.91 Å². The molecule has 0 bridgehead atoms. The summed E-state index contributed by atoms with van der Waals surface area (Å²) in [5.74, 6) is 1.66. The minimum absolute atomic E-state index is 0.0289. The molecule has 1 amide bonds. The van der Waals surface area contributed by atoms with Gasteiger partial charge in [0.1, 0.15) is 5.82 Å². The van der Waals surface area contributed by atoms with E-state index in [1.54, 1.807) is 0 Å². The minimum Gasteiger partial charge on any atom is -0.325 e. The fourth-order valence-electron chi connectivity index (χ4n) is 3.57. The van der Waals surface area contributed by atoms with Crippen molar-refractivity contribution in [1.82, 2.24) is 14.8 Å². The number of hydrogen-bond donors (Lipinski definition) is 1. The highest BCUT2D eigenvalue weighted by molar-refractivity contribution is 7.99. The summed E-state index contributed by atoms with van der Waals surface area (Å²) in [7, 11) is 0. The third-order valence-electron chi connectivity index (χ3n) is 4.82. The third kappa shape index (κ3) is 5.72. The van der Waals surface area contributed by atoms with Gasteiger partial charge in [-0.1, -0.05) is 73.6 Å². The molecule has 1 N–H and O–H groups in total. The van der Waals surface area contributed by atoms with E-state index < -0.39 is 0 Å². The Kier molecular flexibility index (Phi) is 7.32. The normalized spacial score (nSPS) is 11.1. The van der Waals surface area contributed by atoms with Crippen LogP contribution in [0.1, 0.15) is 41.9 Å². The van der Waals surface area contributed by atoms with Gasteiger partial charge in [-0.05, 0) is 43.4 Å². The SMILES string of the molecule is Cc1cc(C)c(NC(=O)CSc2nnc(Cc3ccccc3)n2CC(C)C)c(C)c1. The molecule has 0 saturated heterocycles. The quantitative estimate of drug-likeness (QED) is 0.508. The van der Waals surface area contributed by atoms with Crippen LogP contribution in [-0.4, -0.2) is 26.4 Å². The number of nitrogens with zero attached hydrogens (tertiary/aromatic N) is 3. The Morgan fingerprint density at radius 3 is 2.37 bits per heavy atom. The second-order valence-corrected chi connectivity index (χ2v) is 9.12. The summed E-state index contributed by atoms with van der Waals surface area (Å²) >= 11 is 1.44. The van der Waals surface area contributed by atoms with Gasteiger partial charge in [-0.15, -0.1) is 10.2 Å². The van der Waals surface area contributed by atoms with Gasteiger partial charge in [-0.2, -0.15) is 0 Å². The smallest absolute Gasteiger partial charge is 0.234 e. The lowest BCUT2D eigenvalue weighted by Gasteiger charge is -2.14. The van der Waals surface area contributed by atoms with E-state index in [0.717, 1.165) is 40.8 Å². The van der Waals surface area contributed by atoms with E-state index in [1.165, 1.54) is 22.9 Å². The Morgan fingerprint density at radius 2 is 1.73 bits per heavy atom. The molecule has 6 heteroatoms. The number of thioether (sulfide) groups is 1. The molecule has 0 unspecified atom stereocenters. The van der Waals surface area contributed by atoms with Gasteiger partial charge < -0.3 is 9.88 Å². The van der Waals surface area contributed by atoms with Gasteiger partial charge in [-0.25, -0.2) is 0 Å². The summed E-state index contributed by atoms with van der Waals surface area (Å²) < 4.78 is 2.15. The lowest BCUT2D eigenvalue weighted by Crippen LogP contribution is -2.17. The van der Waals surface area contributed by atoms with Crippen LogP contribution < -0.4 is 5.32 Å². The Morgan fingerprint density at radius 1 is 1.07 bits per heavy atom. The number of amides is 1. The van der Waals surface area contributed by atoms with Gasteiger partial charge in [0.15, 0.2) is 5.16 Å². The number of anilines is 1. The molecule has 0 radical (unpaired) electrons. The Labute approximate surface area is 183 Å². The van der Waals surface area contributed by atoms with Crippen molar-refractivity contribution in [2.24, 2.45) is 5.92 Å². The third-order valence-corrected chi connectivity index (χ3v) is 5.79. The molecule has 0 aliphatic heterocycles.